The van der Waals surface area contributed by atoms with Gasteiger partial charge in [-0.05, 0) is 20.3 Å². The summed E-state index contributed by atoms with van der Waals surface area (Å²) >= 11 is 0. The fourth-order valence-electron chi connectivity index (χ4n) is 1.65. The topological polar surface area (TPSA) is 92.3 Å². The van der Waals surface area contributed by atoms with Crippen LogP contribution in [-0.2, 0) is 19.6 Å². The lowest BCUT2D eigenvalue weighted by atomic mass is 10.2. The standard InChI is InChI=1S/C11H15F3N2O4S/c1-4-7-5-10(7,15-9(18)11(12,13)14)8(17)16-21(19,20)6(2)3/h4,6-7H,1,5H2,2-3H3,(H,15,18)(H,16,17). The Morgan fingerprint density at radius 2 is 1.90 bits per heavy atom. The van der Waals surface area contributed by atoms with Crippen molar-refractivity contribution in [3.63, 3.8) is 0 Å². The average molecular weight is 328 g/mol. The summed E-state index contributed by atoms with van der Waals surface area (Å²) in [6, 6.07) is 0. The van der Waals surface area contributed by atoms with Gasteiger partial charge in [-0.2, -0.15) is 13.2 Å². The van der Waals surface area contributed by atoms with Crippen LogP contribution >= 0.6 is 0 Å². The van der Waals surface area contributed by atoms with Crippen LogP contribution in [0.2, 0.25) is 0 Å². The molecule has 21 heavy (non-hydrogen) atoms. The minimum Gasteiger partial charge on any atom is -0.333 e. The molecule has 2 atom stereocenters. The Labute approximate surface area is 119 Å². The highest BCUT2D eigenvalue weighted by molar-refractivity contribution is 7.90. The zero-order chi connectivity index (χ0) is 16.6. The van der Waals surface area contributed by atoms with Gasteiger partial charge in [-0.25, -0.2) is 8.42 Å². The molecule has 1 aliphatic rings. The van der Waals surface area contributed by atoms with Crippen LogP contribution in [0.25, 0.3) is 0 Å². The van der Waals surface area contributed by atoms with Crippen LogP contribution in [0, 0.1) is 5.92 Å². The number of hydrogen-bond donors (Lipinski definition) is 2. The van der Waals surface area contributed by atoms with Crippen molar-refractivity contribution in [3.05, 3.63) is 12.7 Å². The zero-order valence-electron chi connectivity index (χ0n) is 11.3. The van der Waals surface area contributed by atoms with Gasteiger partial charge in [0.15, 0.2) is 0 Å². The molecule has 120 valence electrons. The van der Waals surface area contributed by atoms with Crippen molar-refractivity contribution in [2.75, 3.05) is 0 Å². The van der Waals surface area contributed by atoms with E-state index in [9.17, 15) is 31.2 Å². The average Bonchev–Trinajstić information content (AvgIpc) is 3.01. The quantitative estimate of drug-likeness (QED) is 0.717. The normalized spacial score (nSPS) is 25.3. The van der Waals surface area contributed by atoms with E-state index in [1.165, 1.54) is 19.9 Å². The van der Waals surface area contributed by atoms with Gasteiger partial charge in [-0.1, -0.05) is 6.08 Å². The number of nitrogens with one attached hydrogen (secondary N) is 2. The van der Waals surface area contributed by atoms with Gasteiger partial charge in [0.05, 0.1) is 5.25 Å². The van der Waals surface area contributed by atoms with Crippen LogP contribution in [0.3, 0.4) is 0 Å². The fraction of sp³-hybridized carbons (Fsp3) is 0.636. The number of carbonyl (C=O) groups excluding carboxylic acids is 2. The molecule has 0 saturated heterocycles. The van der Waals surface area contributed by atoms with Crippen LogP contribution in [0.1, 0.15) is 20.3 Å². The molecule has 2 amide bonds. The summed E-state index contributed by atoms with van der Waals surface area (Å²) in [5.41, 5.74) is -1.92. The number of halogens is 3. The molecule has 0 aromatic carbocycles. The Hall–Kier alpha value is -1.58. The molecule has 0 bridgehead atoms. The minimum absolute atomic E-state index is 0.141. The predicted molar refractivity (Wildman–Crippen MR) is 67.4 cm³/mol. The van der Waals surface area contributed by atoms with E-state index < -0.39 is 44.7 Å². The number of carbonyl (C=O) groups is 2. The van der Waals surface area contributed by atoms with Crippen molar-refractivity contribution in [3.8, 4) is 0 Å². The maximum Gasteiger partial charge on any atom is 0.471 e. The molecule has 0 aromatic heterocycles. The lowest BCUT2D eigenvalue weighted by Crippen LogP contribution is -2.55. The summed E-state index contributed by atoms with van der Waals surface area (Å²) in [6.45, 7) is 5.94. The van der Waals surface area contributed by atoms with E-state index in [2.05, 4.69) is 6.58 Å². The number of rotatable bonds is 5. The van der Waals surface area contributed by atoms with E-state index in [1.54, 1.807) is 10.0 Å². The highest BCUT2D eigenvalue weighted by atomic mass is 32.2. The molecule has 6 nitrogen and oxygen atoms in total. The van der Waals surface area contributed by atoms with Crippen LogP contribution in [0.4, 0.5) is 13.2 Å². The number of hydrogen-bond acceptors (Lipinski definition) is 4. The smallest absolute Gasteiger partial charge is 0.333 e. The maximum atomic E-state index is 12.3. The summed E-state index contributed by atoms with van der Waals surface area (Å²) < 4.78 is 61.7. The molecule has 2 unspecified atom stereocenters. The SMILES string of the molecule is C=CC1CC1(NC(=O)C(F)(F)F)C(=O)NS(=O)(=O)C(C)C. The molecule has 10 heteroatoms. The fourth-order valence-corrected chi connectivity index (χ4v) is 2.32. The van der Waals surface area contributed by atoms with Crippen LogP contribution < -0.4 is 10.0 Å². The number of sulfonamides is 1. The number of alkyl halides is 3. The highest BCUT2D eigenvalue weighted by Gasteiger charge is 2.62. The van der Waals surface area contributed by atoms with E-state index in [0.717, 1.165) is 0 Å². The first-order valence-electron chi connectivity index (χ1n) is 5.95. The summed E-state index contributed by atoms with van der Waals surface area (Å²) in [4.78, 5) is 22.9. The van der Waals surface area contributed by atoms with E-state index in [0.29, 0.717) is 0 Å². The van der Waals surface area contributed by atoms with Crippen molar-refractivity contribution in [2.45, 2.75) is 37.2 Å². The van der Waals surface area contributed by atoms with Crippen molar-refractivity contribution >= 4 is 21.8 Å². The molecule has 0 spiro atoms. The van der Waals surface area contributed by atoms with Gasteiger partial charge in [0.25, 0.3) is 5.91 Å². The summed E-state index contributed by atoms with van der Waals surface area (Å²) in [5, 5.41) is 0.611. The molecular formula is C11H15F3N2O4S. The molecule has 2 N–H and O–H groups in total. The molecular weight excluding hydrogens is 313 g/mol. The molecule has 1 saturated carbocycles. The monoisotopic (exact) mass is 328 g/mol. The van der Waals surface area contributed by atoms with Gasteiger partial charge in [-0.15, -0.1) is 6.58 Å². The van der Waals surface area contributed by atoms with Crippen molar-refractivity contribution in [2.24, 2.45) is 5.92 Å². The van der Waals surface area contributed by atoms with E-state index >= 15 is 0 Å². The Morgan fingerprint density at radius 1 is 1.38 bits per heavy atom. The lowest BCUT2D eigenvalue weighted by molar-refractivity contribution is -0.175. The first-order valence-corrected chi connectivity index (χ1v) is 7.49. The van der Waals surface area contributed by atoms with Gasteiger partial charge in [0, 0.05) is 5.92 Å². The summed E-state index contributed by atoms with van der Waals surface area (Å²) in [5.74, 6) is -4.26. The molecule has 0 heterocycles. The maximum absolute atomic E-state index is 12.3. The first kappa shape index (κ1) is 17.5. The molecule has 1 aliphatic carbocycles. The van der Waals surface area contributed by atoms with E-state index in [1.807, 2.05) is 0 Å². The van der Waals surface area contributed by atoms with E-state index in [-0.39, 0.29) is 6.42 Å². The van der Waals surface area contributed by atoms with Gasteiger partial charge in [0.2, 0.25) is 10.0 Å². The number of amides is 2. The van der Waals surface area contributed by atoms with E-state index in [4.69, 9.17) is 0 Å². The Morgan fingerprint density at radius 3 is 2.24 bits per heavy atom. The third-order valence-corrected chi connectivity index (χ3v) is 4.87. The first-order chi connectivity index (χ1) is 9.36. The molecule has 0 aliphatic heterocycles. The third-order valence-electron chi connectivity index (χ3n) is 3.15. The van der Waals surface area contributed by atoms with Crippen LogP contribution in [-0.4, -0.2) is 37.2 Å². The Balaban J connectivity index is 2.96. The van der Waals surface area contributed by atoms with Gasteiger partial charge >= 0.3 is 12.1 Å². The lowest BCUT2D eigenvalue weighted by Gasteiger charge is -2.20. The molecule has 1 fully saturated rings. The molecule has 1 rings (SSSR count). The van der Waals surface area contributed by atoms with Gasteiger partial charge in [0.1, 0.15) is 5.54 Å². The second kappa shape index (κ2) is 5.32. The van der Waals surface area contributed by atoms with Crippen LogP contribution in [0.15, 0.2) is 12.7 Å². The molecule has 0 radical (unpaired) electrons. The minimum atomic E-state index is -5.17. The predicted octanol–water partition coefficient (Wildman–Crippen LogP) is 0.464. The largest absolute Gasteiger partial charge is 0.471 e. The second-order valence-electron chi connectivity index (χ2n) is 4.99. The highest BCUT2D eigenvalue weighted by Crippen LogP contribution is 2.45. The van der Waals surface area contributed by atoms with Gasteiger partial charge in [-0.3, -0.25) is 14.3 Å². The molecule has 0 aromatic rings. The summed E-state index contributed by atoms with van der Waals surface area (Å²) in [7, 11) is -4.01. The Bertz CT molecular complexity index is 571. The van der Waals surface area contributed by atoms with Crippen LogP contribution in [0.5, 0.6) is 0 Å². The van der Waals surface area contributed by atoms with Crippen molar-refractivity contribution < 1.29 is 31.2 Å². The Kier molecular flexibility index (Phi) is 4.42. The van der Waals surface area contributed by atoms with Crippen molar-refractivity contribution in [1.29, 1.82) is 0 Å². The van der Waals surface area contributed by atoms with Gasteiger partial charge < -0.3 is 5.32 Å². The summed E-state index contributed by atoms with van der Waals surface area (Å²) in [6.07, 6.45) is -4.12. The van der Waals surface area contributed by atoms with Crippen molar-refractivity contribution in [1.82, 2.24) is 10.0 Å². The zero-order valence-corrected chi connectivity index (χ0v) is 12.1. The second-order valence-corrected chi connectivity index (χ2v) is 7.23. The third kappa shape index (κ3) is 3.55.